The summed E-state index contributed by atoms with van der Waals surface area (Å²) < 4.78 is 0. The van der Waals surface area contributed by atoms with Gasteiger partial charge in [0.15, 0.2) is 0 Å². The quantitative estimate of drug-likeness (QED) is 0.435. The number of hydrogen-bond acceptors (Lipinski definition) is 0. The standard InChI is InChI=1S/C15H16ClP.Rh/c1-2-15(16)17(13-9-5-3-6-10-13)14-11-7-4-8-12-14;/h3-12,15H,2H2,1H3;. The van der Waals surface area contributed by atoms with Crippen LogP contribution in [0.15, 0.2) is 60.7 Å². The molecular formula is C15H16ClPRh. The molecule has 1 radical (unpaired) electrons. The van der Waals surface area contributed by atoms with Crippen molar-refractivity contribution in [3.63, 3.8) is 0 Å². The van der Waals surface area contributed by atoms with Gasteiger partial charge in [0.25, 0.3) is 0 Å². The van der Waals surface area contributed by atoms with E-state index in [1.165, 1.54) is 10.6 Å². The van der Waals surface area contributed by atoms with E-state index in [0.29, 0.717) is 0 Å². The first kappa shape index (κ1) is 15.8. The van der Waals surface area contributed by atoms with Crippen molar-refractivity contribution < 1.29 is 19.5 Å². The van der Waals surface area contributed by atoms with Crippen LogP contribution in [-0.2, 0) is 19.5 Å². The molecule has 0 aromatic heterocycles. The minimum absolute atomic E-state index is 0. The van der Waals surface area contributed by atoms with Crippen LogP contribution in [0.25, 0.3) is 0 Å². The fourth-order valence-electron chi connectivity index (χ4n) is 1.83. The molecule has 2 aromatic rings. The maximum Gasteiger partial charge on any atom is 0.0613 e. The molecule has 0 aliphatic heterocycles. The molecule has 0 saturated carbocycles. The molecule has 1 unspecified atom stereocenters. The van der Waals surface area contributed by atoms with Crippen LogP contribution in [0.1, 0.15) is 13.3 Å². The summed E-state index contributed by atoms with van der Waals surface area (Å²) in [7, 11) is -0.447. The Hall–Kier alpha value is -0.217. The van der Waals surface area contributed by atoms with E-state index in [0.717, 1.165) is 6.42 Å². The van der Waals surface area contributed by atoms with E-state index in [4.69, 9.17) is 11.6 Å². The molecule has 3 heteroatoms. The molecule has 0 bridgehead atoms. The summed E-state index contributed by atoms with van der Waals surface area (Å²) in [6, 6.07) is 21.2. The van der Waals surface area contributed by atoms with Gasteiger partial charge in [-0.1, -0.05) is 67.6 Å². The normalized spacial score (nSPS) is 11.9. The second-order valence-corrected chi connectivity index (χ2v) is 7.11. The average molecular weight is 366 g/mol. The van der Waals surface area contributed by atoms with E-state index in [-0.39, 0.29) is 24.6 Å². The molecule has 0 saturated heterocycles. The minimum atomic E-state index is -0.447. The van der Waals surface area contributed by atoms with Crippen molar-refractivity contribution in [3.8, 4) is 0 Å². The maximum atomic E-state index is 6.53. The molecule has 1 atom stereocenters. The number of benzene rings is 2. The first-order chi connectivity index (χ1) is 8.33. The van der Waals surface area contributed by atoms with Gasteiger partial charge in [-0.3, -0.25) is 0 Å². The Morgan fingerprint density at radius 2 is 1.28 bits per heavy atom. The van der Waals surface area contributed by atoms with E-state index >= 15 is 0 Å². The summed E-state index contributed by atoms with van der Waals surface area (Å²) in [4.78, 5) is 0. The van der Waals surface area contributed by atoms with E-state index in [1.54, 1.807) is 0 Å². The summed E-state index contributed by atoms with van der Waals surface area (Å²) in [5.74, 6) is 0. The van der Waals surface area contributed by atoms with Gasteiger partial charge in [0.2, 0.25) is 0 Å². The fourth-order valence-corrected chi connectivity index (χ4v) is 4.81. The third-order valence-electron chi connectivity index (χ3n) is 2.69. The Labute approximate surface area is 128 Å². The molecule has 0 spiro atoms. The number of halogens is 1. The second kappa shape index (κ2) is 8.05. The zero-order chi connectivity index (χ0) is 12.1. The molecule has 0 heterocycles. The molecule has 0 amide bonds. The van der Waals surface area contributed by atoms with Crippen LogP contribution in [0, 0.1) is 0 Å². The van der Waals surface area contributed by atoms with Crippen LogP contribution in [0.4, 0.5) is 0 Å². The van der Waals surface area contributed by atoms with E-state index < -0.39 is 7.92 Å². The van der Waals surface area contributed by atoms with Crippen LogP contribution < -0.4 is 10.6 Å². The first-order valence-corrected chi connectivity index (χ1v) is 7.71. The van der Waals surface area contributed by atoms with Crippen LogP contribution in [0.3, 0.4) is 0 Å². The van der Waals surface area contributed by atoms with Gasteiger partial charge in [0.05, 0.1) is 5.12 Å². The van der Waals surface area contributed by atoms with Crippen molar-refractivity contribution in [2.24, 2.45) is 0 Å². The predicted molar refractivity (Wildman–Crippen MR) is 79.0 cm³/mol. The number of alkyl halides is 1. The smallest absolute Gasteiger partial charge is 0.0613 e. The van der Waals surface area contributed by atoms with Crippen molar-refractivity contribution in [1.82, 2.24) is 0 Å². The van der Waals surface area contributed by atoms with E-state index in [1.807, 2.05) is 0 Å². The van der Waals surface area contributed by atoms with Crippen molar-refractivity contribution in [2.45, 2.75) is 18.5 Å². The Bertz CT molecular complexity index is 407. The monoisotopic (exact) mass is 365 g/mol. The van der Waals surface area contributed by atoms with Gasteiger partial charge in [-0.25, -0.2) is 0 Å². The summed E-state index contributed by atoms with van der Waals surface area (Å²) in [6.45, 7) is 2.15. The van der Waals surface area contributed by atoms with Crippen LogP contribution in [0.5, 0.6) is 0 Å². The molecule has 0 aliphatic rings. The van der Waals surface area contributed by atoms with Crippen LogP contribution >= 0.6 is 19.5 Å². The largest absolute Gasteiger partial charge is 0.117 e. The summed E-state index contributed by atoms with van der Waals surface area (Å²) in [5, 5.41) is 2.92. The van der Waals surface area contributed by atoms with Gasteiger partial charge >= 0.3 is 0 Å². The van der Waals surface area contributed by atoms with Crippen molar-refractivity contribution in [3.05, 3.63) is 60.7 Å². The first-order valence-electron chi connectivity index (χ1n) is 5.86. The summed E-state index contributed by atoms with van der Waals surface area (Å²) in [6.07, 6.45) is 0.997. The van der Waals surface area contributed by atoms with E-state index in [2.05, 4.69) is 67.6 Å². The Morgan fingerprint density at radius 1 is 0.889 bits per heavy atom. The van der Waals surface area contributed by atoms with Crippen molar-refractivity contribution in [2.75, 3.05) is 0 Å². The van der Waals surface area contributed by atoms with Crippen molar-refractivity contribution in [1.29, 1.82) is 0 Å². The van der Waals surface area contributed by atoms with Crippen molar-refractivity contribution >= 4 is 30.1 Å². The SMILES string of the molecule is CCC(Cl)P(c1ccccc1)c1ccccc1.[Rh]. The predicted octanol–water partition coefficient (Wildman–Crippen LogP) is 4.09. The third kappa shape index (κ3) is 3.89. The summed E-state index contributed by atoms with van der Waals surface area (Å²) >= 11 is 6.53. The van der Waals surface area contributed by atoms with Crippen LogP contribution in [0.2, 0.25) is 0 Å². The van der Waals surface area contributed by atoms with E-state index in [9.17, 15) is 0 Å². The number of rotatable bonds is 4. The zero-order valence-corrected chi connectivity index (χ0v) is 13.5. The molecule has 0 nitrogen and oxygen atoms in total. The summed E-state index contributed by atoms with van der Waals surface area (Å²) in [5.41, 5.74) is 0. The molecular weight excluding hydrogens is 349 g/mol. The minimum Gasteiger partial charge on any atom is -0.117 e. The van der Waals surface area contributed by atoms with Gasteiger partial charge in [-0.2, -0.15) is 0 Å². The maximum absolute atomic E-state index is 6.53. The van der Waals surface area contributed by atoms with Gasteiger partial charge in [0, 0.05) is 19.5 Å². The second-order valence-electron chi connectivity index (χ2n) is 3.88. The average Bonchev–Trinajstić information content (AvgIpc) is 2.41. The van der Waals surface area contributed by atoms with Gasteiger partial charge < -0.3 is 0 Å². The zero-order valence-electron chi connectivity index (χ0n) is 10.2. The topological polar surface area (TPSA) is 0 Å². The molecule has 2 aromatic carbocycles. The molecule has 0 fully saturated rings. The third-order valence-corrected chi connectivity index (χ3v) is 6.21. The molecule has 2 rings (SSSR count). The Morgan fingerprint density at radius 3 is 1.61 bits per heavy atom. The molecule has 0 aliphatic carbocycles. The Balaban J connectivity index is 0.00000162. The Kier molecular flexibility index (Phi) is 7.09. The van der Waals surface area contributed by atoms with Gasteiger partial charge in [-0.15, -0.1) is 11.6 Å². The van der Waals surface area contributed by atoms with Gasteiger partial charge in [0.1, 0.15) is 0 Å². The molecule has 18 heavy (non-hydrogen) atoms. The molecule has 97 valence electrons. The van der Waals surface area contributed by atoms with Gasteiger partial charge in [-0.05, 0) is 25.0 Å². The number of hydrogen-bond donors (Lipinski definition) is 0. The molecule has 0 N–H and O–H groups in total. The van der Waals surface area contributed by atoms with Crippen LogP contribution in [-0.4, -0.2) is 5.12 Å². The fraction of sp³-hybridized carbons (Fsp3) is 0.200.